The number of hydrogen-bond acceptors (Lipinski definition) is 5. The zero-order valence-corrected chi connectivity index (χ0v) is 19.9. The molecule has 0 saturated carbocycles. The molecule has 0 aromatic carbocycles. The summed E-state index contributed by atoms with van der Waals surface area (Å²) < 4.78 is 38.0. The maximum Gasteiger partial charge on any atom is 1.00 e. The Hall–Kier alpha value is 0.830. The van der Waals surface area contributed by atoms with Crippen LogP contribution in [0.1, 0.15) is 105 Å². The molecule has 1 unspecified atom stereocenters. The van der Waals surface area contributed by atoms with E-state index in [1.54, 1.807) is 0 Å². The Morgan fingerprint density at radius 3 is 1.85 bits per heavy atom. The van der Waals surface area contributed by atoms with E-state index in [0.29, 0.717) is 13.0 Å². The van der Waals surface area contributed by atoms with Gasteiger partial charge in [0.05, 0.1) is 6.61 Å². The molecule has 7 heteroatoms. The van der Waals surface area contributed by atoms with E-state index in [2.05, 4.69) is 6.92 Å². The molecule has 1 atom stereocenters. The minimum absolute atomic E-state index is 0. The third-order valence-corrected chi connectivity index (χ3v) is 5.49. The fraction of sp³-hybridized carbons (Fsp3) is 1.00. The van der Waals surface area contributed by atoms with Crippen LogP contribution in [0.2, 0.25) is 0 Å². The predicted octanol–water partition coefficient (Wildman–Crippen LogP) is 2.61. The van der Waals surface area contributed by atoms with E-state index in [9.17, 15) is 8.42 Å². The van der Waals surface area contributed by atoms with Crippen LogP contribution in [0.3, 0.4) is 0 Å². The summed E-state index contributed by atoms with van der Waals surface area (Å²) in [7, 11) is -3.91. The third kappa shape index (κ3) is 15.8. The van der Waals surface area contributed by atoms with E-state index in [1.165, 1.54) is 64.2 Å². The summed E-state index contributed by atoms with van der Waals surface area (Å²) in [5.74, 6) is 0. The summed E-state index contributed by atoms with van der Waals surface area (Å²) in [6.07, 6.45) is 17.2. The van der Waals surface area contributed by atoms with Gasteiger partial charge in [-0.15, -0.1) is 0 Å². The zero-order chi connectivity index (χ0) is 18.2. The molecule has 152 valence electrons. The average molecular weight is 403 g/mol. The van der Waals surface area contributed by atoms with Crippen molar-refractivity contribution < 1.29 is 52.5 Å². The van der Waals surface area contributed by atoms with Crippen LogP contribution in [-0.4, -0.2) is 27.9 Å². The van der Waals surface area contributed by atoms with E-state index in [1.807, 2.05) is 0 Å². The predicted molar refractivity (Wildman–Crippen MR) is 102 cm³/mol. The first-order valence-corrected chi connectivity index (χ1v) is 11.7. The number of hydrogen-bond donors (Lipinski definition) is 0. The Morgan fingerprint density at radius 2 is 1.38 bits per heavy atom. The van der Waals surface area contributed by atoms with E-state index in [4.69, 9.17) is 13.1 Å². The zero-order valence-electron chi connectivity index (χ0n) is 18.0. The van der Waals surface area contributed by atoms with Crippen LogP contribution in [0.4, 0.5) is 0 Å². The van der Waals surface area contributed by atoms with Crippen LogP contribution in [0.5, 0.6) is 0 Å². The van der Waals surface area contributed by atoms with Crippen LogP contribution in [0.15, 0.2) is 0 Å². The van der Waals surface area contributed by atoms with E-state index in [0.717, 1.165) is 25.7 Å². The van der Waals surface area contributed by atoms with E-state index in [-0.39, 0.29) is 37.6 Å². The van der Waals surface area contributed by atoms with Gasteiger partial charge in [0.1, 0.15) is 0 Å². The molecular weight excluding hydrogens is 363 g/mol. The third-order valence-electron chi connectivity index (χ3n) is 4.59. The summed E-state index contributed by atoms with van der Waals surface area (Å²) in [6, 6.07) is 0. The van der Waals surface area contributed by atoms with Crippen molar-refractivity contribution in [3.05, 3.63) is 0 Å². The Balaban J connectivity index is 0. The van der Waals surface area contributed by atoms with Crippen molar-refractivity contribution in [3.8, 4) is 0 Å². The van der Waals surface area contributed by atoms with Gasteiger partial charge in [0.2, 0.25) is 0 Å². The standard InChI is InChI=1S/C19H38O5S.Na.H/c1-2-3-4-5-6-7-8-9-10-11-12-13-14-18-23-25(20,21)24-19-16-15-17-22-19;;/h19H,2-18H2,1H3;;/q;+1;-1. The first kappa shape index (κ1) is 26.8. The van der Waals surface area contributed by atoms with Gasteiger partial charge in [-0.05, 0) is 12.8 Å². The van der Waals surface area contributed by atoms with Gasteiger partial charge in [0, 0.05) is 13.0 Å². The number of ether oxygens (including phenoxy) is 1. The van der Waals surface area contributed by atoms with Crippen molar-refractivity contribution in [3.63, 3.8) is 0 Å². The molecule has 0 amide bonds. The molecular formula is C19H39NaO5S. The fourth-order valence-corrected chi connectivity index (χ4v) is 3.86. The van der Waals surface area contributed by atoms with Crippen molar-refractivity contribution in [2.45, 2.75) is 110 Å². The van der Waals surface area contributed by atoms with Gasteiger partial charge in [-0.2, -0.15) is 8.42 Å². The Kier molecular flexibility index (Phi) is 18.5. The van der Waals surface area contributed by atoms with Gasteiger partial charge in [-0.1, -0.05) is 84.0 Å². The molecule has 0 aliphatic carbocycles. The van der Waals surface area contributed by atoms with Gasteiger partial charge < -0.3 is 6.16 Å². The molecule has 1 saturated heterocycles. The number of rotatable bonds is 17. The minimum atomic E-state index is -3.91. The number of unbranched alkanes of at least 4 members (excludes halogenated alkanes) is 12. The maximum atomic E-state index is 11.6. The van der Waals surface area contributed by atoms with Gasteiger partial charge in [-0.25, -0.2) is 8.37 Å². The summed E-state index contributed by atoms with van der Waals surface area (Å²) in [5.41, 5.74) is 0. The summed E-state index contributed by atoms with van der Waals surface area (Å²) in [5, 5.41) is 0. The first-order valence-electron chi connectivity index (χ1n) is 10.3. The average Bonchev–Trinajstić information content (AvgIpc) is 3.07. The Bertz CT molecular complexity index is 403. The SMILES string of the molecule is CCCCCCCCCCCCCCCOS(=O)(=O)OC1CCCO1.[H-].[Na+]. The topological polar surface area (TPSA) is 61.8 Å². The second-order valence-electron chi connectivity index (χ2n) is 7.01. The van der Waals surface area contributed by atoms with E-state index < -0.39 is 16.7 Å². The molecule has 0 spiro atoms. The second kappa shape index (κ2) is 17.9. The van der Waals surface area contributed by atoms with Gasteiger partial charge in [0.15, 0.2) is 6.29 Å². The van der Waals surface area contributed by atoms with Crippen LogP contribution >= 0.6 is 0 Å². The van der Waals surface area contributed by atoms with E-state index >= 15 is 0 Å². The van der Waals surface area contributed by atoms with Gasteiger partial charge in [-0.3, -0.25) is 0 Å². The van der Waals surface area contributed by atoms with Gasteiger partial charge in [0.25, 0.3) is 0 Å². The monoisotopic (exact) mass is 402 g/mol. The Morgan fingerprint density at radius 1 is 0.885 bits per heavy atom. The second-order valence-corrected chi connectivity index (χ2v) is 8.26. The van der Waals surface area contributed by atoms with Crippen LogP contribution in [0, 0.1) is 0 Å². The molecule has 1 fully saturated rings. The molecule has 0 aromatic rings. The van der Waals surface area contributed by atoms with Crippen molar-refractivity contribution in [1.29, 1.82) is 0 Å². The Labute approximate surface area is 185 Å². The quantitative estimate of drug-likeness (QED) is 0.276. The molecule has 26 heavy (non-hydrogen) atoms. The van der Waals surface area contributed by atoms with Crippen molar-refractivity contribution in [2.75, 3.05) is 13.2 Å². The first-order chi connectivity index (χ1) is 12.1. The van der Waals surface area contributed by atoms with Crippen LogP contribution < -0.4 is 29.6 Å². The van der Waals surface area contributed by atoms with Crippen LogP contribution in [0.25, 0.3) is 0 Å². The summed E-state index contributed by atoms with van der Waals surface area (Å²) >= 11 is 0. The molecule has 0 aromatic heterocycles. The molecule has 0 N–H and O–H groups in total. The molecule has 0 bridgehead atoms. The van der Waals surface area contributed by atoms with Crippen molar-refractivity contribution >= 4 is 10.4 Å². The molecule has 1 heterocycles. The van der Waals surface area contributed by atoms with Crippen molar-refractivity contribution in [1.82, 2.24) is 0 Å². The minimum Gasteiger partial charge on any atom is -1.00 e. The smallest absolute Gasteiger partial charge is 1.00 e. The molecule has 1 rings (SSSR count). The molecule has 0 radical (unpaired) electrons. The van der Waals surface area contributed by atoms with Gasteiger partial charge >= 0.3 is 40.0 Å². The molecule has 5 nitrogen and oxygen atoms in total. The normalized spacial score (nSPS) is 17.3. The van der Waals surface area contributed by atoms with Crippen molar-refractivity contribution in [2.24, 2.45) is 0 Å². The summed E-state index contributed by atoms with van der Waals surface area (Å²) in [4.78, 5) is 0. The fourth-order valence-electron chi connectivity index (χ4n) is 3.06. The summed E-state index contributed by atoms with van der Waals surface area (Å²) in [6.45, 7) is 3.01. The molecule has 1 aliphatic heterocycles. The molecule has 1 aliphatic rings. The van der Waals surface area contributed by atoms with Crippen LogP contribution in [-0.2, 0) is 23.5 Å². The largest absolute Gasteiger partial charge is 1.00 e. The maximum absolute atomic E-state index is 11.6.